The molecule has 1 unspecified atom stereocenters. The number of rotatable bonds is 3. The summed E-state index contributed by atoms with van der Waals surface area (Å²) in [6, 6.07) is 4.15. The zero-order valence-corrected chi connectivity index (χ0v) is 11.6. The summed E-state index contributed by atoms with van der Waals surface area (Å²) in [6.07, 6.45) is 5.20. The molecule has 18 heavy (non-hydrogen) atoms. The first-order valence-electron chi connectivity index (χ1n) is 6.69. The van der Waals surface area contributed by atoms with Crippen LogP contribution in [0.4, 0.5) is 0 Å². The molecule has 0 bridgehead atoms. The quantitative estimate of drug-likeness (QED) is 0.836. The molecular weight excluding hydrogens is 224 g/mol. The van der Waals surface area contributed by atoms with Crippen molar-refractivity contribution in [3.63, 3.8) is 0 Å². The Morgan fingerprint density at radius 1 is 1.44 bits per heavy atom. The molecule has 0 aromatic carbocycles. The molecule has 1 aromatic heterocycles. The van der Waals surface area contributed by atoms with E-state index < -0.39 is 0 Å². The van der Waals surface area contributed by atoms with E-state index in [1.807, 2.05) is 12.1 Å². The predicted octanol–water partition coefficient (Wildman–Crippen LogP) is 2.96. The highest BCUT2D eigenvalue weighted by atomic mass is 16.3. The van der Waals surface area contributed by atoms with Gasteiger partial charge in [0, 0.05) is 19.6 Å². The largest absolute Gasteiger partial charge is 0.468 e. The van der Waals surface area contributed by atoms with E-state index in [-0.39, 0.29) is 11.5 Å². The van der Waals surface area contributed by atoms with Gasteiger partial charge in [0.15, 0.2) is 0 Å². The van der Waals surface area contributed by atoms with Crippen molar-refractivity contribution in [3.05, 3.63) is 35.8 Å². The van der Waals surface area contributed by atoms with Crippen LogP contribution in [0.15, 0.2) is 34.5 Å². The minimum Gasteiger partial charge on any atom is -0.468 e. The fraction of sp³-hybridized carbons (Fsp3) is 0.600. The van der Waals surface area contributed by atoms with Gasteiger partial charge in [0.2, 0.25) is 0 Å². The normalized spacial score (nSPS) is 19.7. The van der Waals surface area contributed by atoms with E-state index in [1.165, 1.54) is 0 Å². The Labute approximate surface area is 110 Å². The van der Waals surface area contributed by atoms with Crippen molar-refractivity contribution in [3.8, 4) is 0 Å². The molecule has 2 N–H and O–H groups in total. The second kappa shape index (κ2) is 5.29. The van der Waals surface area contributed by atoms with Gasteiger partial charge in [-0.15, -0.1) is 0 Å². The topological polar surface area (TPSA) is 42.4 Å². The molecule has 100 valence electrons. The second-order valence-electron chi connectivity index (χ2n) is 5.99. The molecule has 0 saturated heterocycles. The molecular formula is C15H24N2O. The zero-order chi connectivity index (χ0) is 13.2. The van der Waals surface area contributed by atoms with E-state index in [2.05, 4.69) is 31.7 Å². The van der Waals surface area contributed by atoms with Crippen molar-refractivity contribution in [2.24, 2.45) is 11.1 Å². The summed E-state index contributed by atoms with van der Waals surface area (Å²) in [6.45, 7) is 9.47. The summed E-state index contributed by atoms with van der Waals surface area (Å²) in [5.41, 5.74) is 7.73. The Hall–Kier alpha value is -1.06. The number of hydrogen-bond acceptors (Lipinski definition) is 3. The van der Waals surface area contributed by atoms with Crippen molar-refractivity contribution < 1.29 is 4.42 Å². The molecule has 0 saturated carbocycles. The van der Waals surface area contributed by atoms with E-state index in [1.54, 1.807) is 11.8 Å². The van der Waals surface area contributed by atoms with Crippen molar-refractivity contribution in [1.82, 2.24) is 4.90 Å². The van der Waals surface area contributed by atoms with Crippen LogP contribution >= 0.6 is 0 Å². The molecule has 1 aliphatic rings. The maximum atomic E-state index is 5.89. The van der Waals surface area contributed by atoms with E-state index >= 15 is 0 Å². The molecule has 1 atom stereocenters. The lowest BCUT2D eigenvalue weighted by Gasteiger charge is -2.35. The molecule has 0 amide bonds. The average Bonchev–Trinajstić information content (AvgIpc) is 2.83. The number of nitrogens with two attached hydrogens (primary N) is 1. The minimum atomic E-state index is 0.206. The molecule has 3 heteroatoms. The van der Waals surface area contributed by atoms with Crippen LogP contribution in [0.3, 0.4) is 0 Å². The van der Waals surface area contributed by atoms with E-state index in [9.17, 15) is 0 Å². The molecule has 3 nitrogen and oxygen atoms in total. The highest BCUT2D eigenvalue weighted by Crippen LogP contribution is 2.32. The van der Waals surface area contributed by atoms with E-state index in [0.29, 0.717) is 6.54 Å². The SMILES string of the molecule is CC(C)(C)C1=CCN(C(CN)c2ccco2)CC1. The fourth-order valence-electron chi connectivity index (χ4n) is 2.58. The van der Waals surface area contributed by atoms with Crippen molar-refractivity contribution in [1.29, 1.82) is 0 Å². The van der Waals surface area contributed by atoms with Crippen LogP contribution in [0.1, 0.15) is 39.0 Å². The monoisotopic (exact) mass is 248 g/mol. The van der Waals surface area contributed by atoms with Gasteiger partial charge in [0.1, 0.15) is 5.76 Å². The minimum absolute atomic E-state index is 0.206. The summed E-state index contributed by atoms with van der Waals surface area (Å²) in [5.74, 6) is 0.977. The van der Waals surface area contributed by atoms with Gasteiger partial charge in [-0.1, -0.05) is 32.4 Å². The van der Waals surface area contributed by atoms with Crippen LogP contribution in [0.25, 0.3) is 0 Å². The highest BCUT2D eigenvalue weighted by molar-refractivity contribution is 5.16. The Balaban J connectivity index is 2.07. The number of nitrogens with zero attached hydrogens (tertiary/aromatic N) is 1. The molecule has 1 aromatic rings. The third-order valence-electron chi connectivity index (χ3n) is 3.74. The number of hydrogen-bond donors (Lipinski definition) is 1. The Bertz CT molecular complexity index is 401. The van der Waals surface area contributed by atoms with Gasteiger partial charge in [-0.3, -0.25) is 4.90 Å². The van der Waals surface area contributed by atoms with Gasteiger partial charge in [-0.2, -0.15) is 0 Å². The standard InChI is InChI=1S/C15H24N2O/c1-15(2,3)12-6-8-17(9-7-12)13(11-16)14-5-4-10-18-14/h4-6,10,13H,7-9,11,16H2,1-3H3. The third-order valence-corrected chi connectivity index (χ3v) is 3.74. The molecule has 0 fully saturated rings. The van der Waals surface area contributed by atoms with Crippen molar-refractivity contribution in [2.45, 2.75) is 33.2 Å². The first-order chi connectivity index (χ1) is 8.52. The van der Waals surface area contributed by atoms with Gasteiger partial charge in [0.05, 0.1) is 12.3 Å². The van der Waals surface area contributed by atoms with Gasteiger partial charge < -0.3 is 10.2 Å². The Morgan fingerprint density at radius 3 is 2.67 bits per heavy atom. The first-order valence-corrected chi connectivity index (χ1v) is 6.69. The van der Waals surface area contributed by atoms with Crippen molar-refractivity contribution >= 4 is 0 Å². The lowest BCUT2D eigenvalue weighted by molar-refractivity contribution is 0.186. The van der Waals surface area contributed by atoms with Crippen LogP contribution in [-0.2, 0) is 0 Å². The Kier molecular flexibility index (Phi) is 3.93. The molecule has 1 aliphatic heterocycles. The van der Waals surface area contributed by atoms with Crippen LogP contribution in [0.5, 0.6) is 0 Å². The summed E-state index contributed by atoms with van der Waals surface area (Å²) in [5, 5.41) is 0. The summed E-state index contributed by atoms with van der Waals surface area (Å²) in [4.78, 5) is 2.40. The van der Waals surface area contributed by atoms with Crippen LogP contribution in [0, 0.1) is 5.41 Å². The van der Waals surface area contributed by atoms with Crippen LogP contribution < -0.4 is 5.73 Å². The maximum Gasteiger partial charge on any atom is 0.122 e. The smallest absolute Gasteiger partial charge is 0.122 e. The summed E-state index contributed by atoms with van der Waals surface area (Å²) in [7, 11) is 0. The van der Waals surface area contributed by atoms with Gasteiger partial charge in [-0.25, -0.2) is 0 Å². The van der Waals surface area contributed by atoms with Gasteiger partial charge >= 0.3 is 0 Å². The second-order valence-corrected chi connectivity index (χ2v) is 5.99. The first kappa shape index (κ1) is 13.4. The molecule has 0 spiro atoms. The van der Waals surface area contributed by atoms with E-state index in [0.717, 1.165) is 25.3 Å². The summed E-state index contributed by atoms with van der Waals surface area (Å²) < 4.78 is 5.49. The maximum absolute atomic E-state index is 5.89. The molecule has 2 rings (SSSR count). The third kappa shape index (κ3) is 2.85. The van der Waals surface area contributed by atoms with Crippen LogP contribution in [0.2, 0.25) is 0 Å². The lowest BCUT2D eigenvalue weighted by atomic mass is 9.82. The van der Waals surface area contributed by atoms with Crippen LogP contribution in [-0.4, -0.2) is 24.5 Å². The Morgan fingerprint density at radius 2 is 2.22 bits per heavy atom. The highest BCUT2D eigenvalue weighted by Gasteiger charge is 2.26. The summed E-state index contributed by atoms with van der Waals surface area (Å²) >= 11 is 0. The predicted molar refractivity (Wildman–Crippen MR) is 74.2 cm³/mol. The van der Waals surface area contributed by atoms with Gasteiger partial charge in [0.25, 0.3) is 0 Å². The lowest BCUT2D eigenvalue weighted by Crippen LogP contribution is -2.37. The average molecular weight is 248 g/mol. The zero-order valence-electron chi connectivity index (χ0n) is 11.6. The van der Waals surface area contributed by atoms with Gasteiger partial charge in [-0.05, 0) is 24.0 Å². The molecule has 0 aliphatic carbocycles. The van der Waals surface area contributed by atoms with Crippen molar-refractivity contribution in [2.75, 3.05) is 19.6 Å². The molecule has 0 radical (unpaired) electrons. The molecule has 2 heterocycles. The number of furan rings is 1. The van der Waals surface area contributed by atoms with E-state index in [4.69, 9.17) is 10.2 Å². The fourth-order valence-corrected chi connectivity index (χ4v) is 2.58.